The highest BCUT2D eigenvalue weighted by molar-refractivity contribution is 6.52. The van der Waals surface area contributed by atoms with E-state index in [0.717, 1.165) is 5.56 Å². The fourth-order valence-corrected chi connectivity index (χ4v) is 2.12. The van der Waals surface area contributed by atoms with E-state index >= 15 is 0 Å². The van der Waals surface area contributed by atoms with Crippen LogP contribution in [0.5, 0.6) is 0 Å². The van der Waals surface area contributed by atoms with Crippen LogP contribution in [0.15, 0.2) is 18.2 Å². The van der Waals surface area contributed by atoms with E-state index in [1.54, 1.807) is 18.1 Å². The van der Waals surface area contributed by atoms with Gasteiger partial charge in [0.15, 0.2) is 0 Å². The number of Topliss-reactive ketones (excluding diaryl/α,β-unsaturated/α-hetero) is 1. The molecule has 1 aromatic rings. The van der Waals surface area contributed by atoms with Gasteiger partial charge >= 0.3 is 0 Å². The number of methoxy groups -OCH3 is 1. The van der Waals surface area contributed by atoms with Crippen LogP contribution in [0, 0.1) is 6.92 Å². The molecule has 0 radical (unpaired) electrons. The van der Waals surface area contributed by atoms with Gasteiger partial charge in [-0.3, -0.25) is 9.59 Å². The zero-order valence-electron chi connectivity index (χ0n) is 11.8. The quantitative estimate of drug-likeness (QED) is 0.781. The Hall–Kier alpha value is -1.68. The van der Waals surface area contributed by atoms with Crippen molar-refractivity contribution in [1.82, 2.24) is 0 Å². The standard InChI is InChI=1S/C15H19NO3/c1-10-5-6-12-11(9-10)13(17)14(18)16(12)8-7-15(2,3)19-4/h5-6,9H,7-8H2,1-4H3. The zero-order valence-corrected chi connectivity index (χ0v) is 11.8. The van der Waals surface area contributed by atoms with Gasteiger partial charge in [0, 0.05) is 13.7 Å². The molecule has 0 saturated carbocycles. The van der Waals surface area contributed by atoms with Crippen molar-refractivity contribution in [2.24, 2.45) is 0 Å². The molecule has 2 rings (SSSR count). The van der Waals surface area contributed by atoms with Crippen LogP contribution in [-0.4, -0.2) is 30.9 Å². The number of hydrogen-bond donors (Lipinski definition) is 0. The molecule has 1 aromatic carbocycles. The molecule has 4 heteroatoms. The Balaban J connectivity index is 2.24. The molecule has 1 aliphatic heterocycles. The lowest BCUT2D eigenvalue weighted by Crippen LogP contribution is -2.35. The third-order valence-corrected chi connectivity index (χ3v) is 3.62. The zero-order chi connectivity index (χ0) is 14.2. The van der Waals surface area contributed by atoms with Crippen LogP contribution in [0.25, 0.3) is 0 Å². The van der Waals surface area contributed by atoms with E-state index in [-0.39, 0.29) is 5.60 Å². The minimum absolute atomic E-state index is 0.309. The Kier molecular flexibility index (Phi) is 3.45. The van der Waals surface area contributed by atoms with Gasteiger partial charge in [0.2, 0.25) is 0 Å². The number of ether oxygens (including phenoxy) is 1. The number of rotatable bonds is 4. The third kappa shape index (κ3) is 2.54. The number of carbonyl (C=O) groups is 2. The first-order valence-electron chi connectivity index (χ1n) is 6.38. The van der Waals surface area contributed by atoms with Gasteiger partial charge in [-0.2, -0.15) is 0 Å². The lowest BCUT2D eigenvalue weighted by Gasteiger charge is -2.26. The van der Waals surface area contributed by atoms with Crippen LogP contribution < -0.4 is 4.90 Å². The van der Waals surface area contributed by atoms with Crippen LogP contribution in [-0.2, 0) is 9.53 Å². The molecule has 0 fully saturated rings. The van der Waals surface area contributed by atoms with Gasteiger partial charge in [0.05, 0.1) is 16.9 Å². The molecule has 4 nitrogen and oxygen atoms in total. The van der Waals surface area contributed by atoms with Gasteiger partial charge in [0.25, 0.3) is 11.7 Å². The summed E-state index contributed by atoms with van der Waals surface area (Å²) in [6.07, 6.45) is 0.676. The number of fused-ring (bicyclic) bond motifs is 1. The van der Waals surface area contributed by atoms with Crippen LogP contribution >= 0.6 is 0 Å². The summed E-state index contributed by atoms with van der Waals surface area (Å²) < 4.78 is 5.34. The molecule has 0 aliphatic carbocycles. The van der Waals surface area contributed by atoms with Crippen molar-refractivity contribution in [3.8, 4) is 0 Å². The summed E-state index contributed by atoms with van der Waals surface area (Å²) in [5.74, 6) is -0.846. The highest BCUT2D eigenvalue weighted by Gasteiger charge is 2.36. The normalized spacial score (nSPS) is 15.1. The van der Waals surface area contributed by atoms with Gasteiger partial charge in [-0.25, -0.2) is 0 Å². The Morgan fingerprint density at radius 2 is 1.95 bits per heavy atom. The van der Waals surface area contributed by atoms with E-state index in [4.69, 9.17) is 4.74 Å². The SMILES string of the molecule is COC(C)(C)CCN1C(=O)C(=O)c2cc(C)ccc21. The average Bonchev–Trinajstić information content (AvgIpc) is 2.60. The van der Waals surface area contributed by atoms with Gasteiger partial charge in [-0.05, 0) is 39.3 Å². The topological polar surface area (TPSA) is 46.6 Å². The van der Waals surface area contributed by atoms with Gasteiger partial charge < -0.3 is 9.64 Å². The van der Waals surface area contributed by atoms with Crippen molar-refractivity contribution >= 4 is 17.4 Å². The average molecular weight is 261 g/mol. The largest absolute Gasteiger partial charge is 0.379 e. The number of hydrogen-bond acceptors (Lipinski definition) is 3. The van der Waals surface area contributed by atoms with Crippen molar-refractivity contribution in [3.05, 3.63) is 29.3 Å². The van der Waals surface area contributed by atoms with Crippen molar-refractivity contribution in [2.45, 2.75) is 32.8 Å². The fraction of sp³-hybridized carbons (Fsp3) is 0.467. The first-order valence-corrected chi connectivity index (χ1v) is 6.38. The van der Waals surface area contributed by atoms with Gasteiger partial charge in [0.1, 0.15) is 0 Å². The number of anilines is 1. The van der Waals surface area contributed by atoms with E-state index in [1.165, 1.54) is 0 Å². The molecule has 102 valence electrons. The third-order valence-electron chi connectivity index (χ3n) is 3.62. The fourth-order valence-electron chi connectivity index (χ4n) is 2.12. The van der Waals surface area contributed by atoms with E-state index in [1.807, 2.05) is 32.9 Å². The van der Waals surface area contributed by atoms with Crippen molar-refractivity contribution in [3.63, 3.8) is 0 Å². The molecule has 0 aromatic heterocycles. The summed E-state index contributed by atoms with van der Waals surface area (Å²) in [6.45, 7) is 6.33. The summed E-state index contributed by atoms with van der Waals surface area (Å²) >= 11 is 0. The van der Waals surface area contributed by atoms with Gasteiger partial charge in [-0.15, -0.1) is 0 Å². The van der Waals surface area contributed by atoms with Crippen molar-refractivity contribution in [1.29, 1.82) is 0 Å². The maximum atomic E-state index is 12.0. The maximum absolute atomic E-state index is 12.0. The smallest absolute Gasteiger partial charge is 0.299 e. The van der Waals surface area contributed by atoms with Gasteiger partial charge in [-0.1, -0.05) is 11.6 Å². The molecular weight excluding hydrogens is 242 g/mol. The first kappa shape index (κ1) is 13.7. The summed E-state index contributed by atoms with van der Waals surface area (Å²) in [5.41, 5.74) is 1.91. The van der Waals surface area contributed by atoms with Crippen LogP contribution in [0.2, 0.25) is 0 Å². The number of aryl methyl sites for hydroxylation is 1. The minimum Gasteiger partial charge on any atom is -0.379 e. The molecule has 1 aliphatic rings. The Bertz CT molecular complexity index is 534. The molecule has 0 unspecified atom stereocenters. The second-order valence-corrected chi connectivity index (χ2v) is 5.52. The summed E-state index contributed by atoms with van der Waals surface area (Å²) in [5, 5.41) is 0. The monoisotopic (exact) mass is 261 g/mol. The molecule has 19 heavy (non-hydrogen) atoms. The summed E-state index contributed by atoms with van der Waals surface area (Å²) in [7, 11) is 1.65. The number of nitrogens with zero attached hydrogens (tertiary/aromatic N) is 1. The highest BCUT2D eigenvalue weighted by Crippen LogP contribution is 2.30. The predicted molar refractivity (Wildman–Crippen MR) is 73.6 cm³/mol. The van der Waals surface area contributed by atoms with Crippen LogP contribution in [0.1, 0.15) is 36.2 Å². The molecule has 1 amide bonds. The second kappa shape index (κ2) is 4.78. The van der Waals surface area contributed by atoms with E-state index < -0.39 is 11.7 Å². The number of ketones is 1. The lowest BCUT2D eigenvalue weighted by molar-refractivity contribution is -0.114. The molecule has 0 saturated heterocycles. The molecule has 0 spiro atoms. The Labute approximate surface area is 113 Å². The summed E-state index contributed by atoms with van der Waals surface area (Å²) in [4.78, 5) is 25.5. The maximum Gasteiger partial charge on any atom is 0.299 e. The number of carbonyl (C=O) groups excluding carboxylic acids is 2. The van der Waals surface area contributed by atoms with Crippen LogP contribution in [0.4, 0.5) is 5.69 Å². The first-order chi connectivity index (χ1) is 8.85. The molecule has 1 heterocycles. The number of amides is 1. The molecule has 0 bridgehead atoms. The van der Waals surface area contributed by atoms with Crippen molar-refractivity contribution < 1.29 is 14.3 Å². The van der Waals surface area contributed by atoms with E-state index in [9.17, 15) is 9.59 Å². The van der Waals surface area contributed by atoms with Crippen molar-refractivity contribution in [2.75, 3.05) is 18.6 Å². The minimum atomic E-state index is -0.437. The molecule has 0 atom stereocenters. The predicted octanol–water partition coefficient (Wildman–Crippen LogP) is 2.34. The second-order valence-electron chi connectivity index (χ2n) is 5.52. The Morgan fingerprint density at radius 3 is 2.58 bits per heavy atom. The molecule has 0 N–H and O–H groups in total. The summed E-state index contributed by atoms with van der Waals surface area (Å²) in [6, 6.07) is 5.53. The van der Waals surface area contributed by atoms with Crippen LogP contribution in [0.3, 0.4) is 0 Å². The van der Waals surface area contributed by atoms with E-state index in [2.05, 4.69) is 0 Å². The highest BCUT2D eigenvalue weighted by atomic mass is 16.5. The number of benzene rings is 1. The van der Waals surface area contributed by atoms with E-state index in [0.29, 0.717) is 24.2 Å². The molecular formula is C15H19NO3. The lowest BCUT2D eigenvalue weighted by atomic mass is 10.0. The Morgan fingerprint density at radius 1 is 1.26 bits per heavy atom.